The number of halogens is 4. The maximum Gasteiger partial charge on any atom is 0.383 e. The van der Waals surface area contributed by atoms with Crippen LogP contribution in [0.4, 0.5) is 17.6 Å². The van der Waals surface area contributed by atoms with Gasteiger partial charge in [-0.05, 0) is 18.8 Å². The SMILES string of the molecule is O=C(NCC1CCCCC1)C(F)(F)C(F)F. The molecule has 1 amide bonds. The van der Waals surface area contributed by atoms with Crippen LogP contribution in [0.5, 0.6) is 0 Å². The topological polar surface area (TPSA) is 29.1 Å². The first kappa shape index (κ1) is 13.3. The van der Waals surface area contributed by atoms with Gasteiger partial charge in [-0.2, -0.15) is 8.78 Å². The Morgan fingerprint density at radius 2 is 1.81 bits per heavy atom. The Morgan fingerprint density at radius 1 is 1.25 bits per heavy atom. The Morgan fingerprint density at radius 3 is 2.31 bits per heavy atom. The zero-order valence-electron chi connectivity index (χ0n) is 8.82. The minimum atomic E-state index is -4.57. The fourth-order valence-corrected chi connectivity index (χ4v) is 1.85. The summed E-state index contributed by atoms with van der Waals surface area (Å²) in [5, 5.41) is 1.91. The highest BCUT2D eigenvalue weighted by Gasteiger charge is 2.48. The molecule has 1 saturated carbocycles. The van der Waals surface area contributed by atoms with Gasteiger partial charge in [0.25, 0.3) is 5.91 Å². The number of carbonyl (C=O) groups is 1. The van der Waals surface area contributed by atoms with Gasteiger partial charge in [0.05, 0.1) is 0 Å². The highest BCUT2D eigenvalue weighted by atomic mass is 19.3. The molecule has 0 unspecified atom stereocenters. The summed E-state index contributed by atoms with van der Waals surface area (Å²) >= 11 is 0. The molecule has 0 aliphatic heterocycles. The molecular formula is C10H15F4NO. The van der Waals surface area contributed by atoms with Crippen molar-refractivity contribution in [3.63, 3.8) is 0 Å². The van der Waals surface area contributed by atoms with Crippen LogP contribution in [0, 0.1) is 5.92 Å². The third-order valence-electron chi connectivity index (χ3n) is 2.85. The van der Waals surface area contributed by atoms with Gasteiger partial charge in [-0.15, -0.1) is 0 Å². The smallest absolute Gasteiger partial charge is 0.350 e. The summed E-state index contributed by atoms with van der Waals surface area (Å²) in [5.41, 5.74) is 0. The lowest BCUT2D eigenvalue weighted by atomic mass is 9.89. The number of nitrogens with one attached hydrogen (secondary N) is 1. The van der Waals surface area contributed by atoms with Crippen LogP contribution in [0.3, 0.4) is 0 Å². The van der Waals surface area contributed by atoms with E-state index in [1.807, 2.05) is 5.32 Å². The van der Waals surface area contributed by atoms with Crippen LogP contribution in [-0.2, 0) is 4.79 Å². The molecule has 0 aromatic rings. The van der Waals surface area contributed by atoms with Gasteiger partial charge in [-0.1, -0.05) is 19.3 Å². The van der Waals surface area contributed by atoms with E-state index in [0.29, 0.717) is 0 Å². The molecule has 0 saturated heterocycles. The van der Waals surface area contributed by atoms with E-state index in [1.165, 1.54) is 0 Å². The second-order valence-electron chi connectivity index (χ2n) is 4.14. The van der Waals surface area contributed by atoms with E-state index in [4.69, 9.17) is 0 Å². The minimum absolute atomic E-state index is 0.0706. The second-order valence-corrected chi connectivity index (χ2v) is 4.14. The molecule has 1 fully saturated rings. The van der Waals surface area contributed by atoms with Crippen molar-refractivity contribution in [3.05, 3.63) is 0 Å². The van der Waals surface area contributed by atoms with Crippen LogP contribution in [-0.4, -0.2) is 24.8 Å². The Labute approximate surface area is 91.4 Å². The van der Waals surface area contributed by atoms with Gasteiger partial charge in [0.2, 0.25) is 0 Å². The van der Waals surface area contributed by atoms with Gasteiger partial charge in [-0.25, -0.2) is 8.78 Å². The molecule has 1 aliphatic rings. The highest BCUT2D eigenvalue weighted by Crippen LogP contribution is 2.25. The molecule has 1 rings (SSSR count). The Hall–Kier alpha value is -0.810. The van der Waals surface area contributed by atoms with E-state index in [2.05, 4.69) is 0 Å². The molecule has 0 aromatic heterocycles. The number of alkyl halides is 4. The van der Waals surface area contributed by atoms with E-state index in [0.717, 1.165) is 32.1 Å². The molecule has 6 heteroatoms. The average molecular weight is 241 g/mol. The van der Waals surface area contributed by atoms with Crippen LogP contribution >= 0.6 is 0 Å². The average Bonchev–Trinajstić information content (AvgIpc) is 2.27. The Kier molecular flexibility index (Phi) is 4.56. The lowest BCUT2D eigenvalue weighted by Gasteiger charge is -2.23. The van der Waals surface area contributed by atoms with Crippen molar-refractivity contribution in [2.24, 2.45) is 5.92 Å². The first-order chi connectivity index (χ1) is 7.44. The standard InChI is InChI=1S/C10H15F4NO/c11-8(12)10(13,14)9(16)15-6-7-4-2-1-3-5-7/h7-8H,1-6H2,(H,15,16). The van der Waals surface area contributed by atoms with Crippen molar-refractivity contribution >= 4 is 5.91 Å². The Balaban J connectivity index is 2.34. The fourth-order valence-electron chi connectivity index (χ4n) is 1.85. The summed E-state index contributed by atoms with van der Waals surface area (Å²) in [6.07, 6.45) is 0.898. The first-order valence-corrected chi connectivity index (χ1v) is 5.39. The van der Waals surface area contributed by atoms with Gasteiger partial charge >= 0.3 is 12.3 Å². The number of amides is 1. The summed E-state index contributed by atoms with van der Waals surface area (Å²) in [7, 11) is 0. The summed E-state index contributed by atoms with van der Waals surface area (Å²) in [5.74, 6) is -6.30. The van der Waals surface area contributed by atoms with Crippen molar-refractivity contribution in [2.45, 2.75) is 44.5 Å². The lowest BCUT2D eigenvalue weighted by molar-refractivity contribution is -0.169. The third-order valence-corrected chi connectivity index (χ3v) is 2.85. The quantitative estimate of drug-likeness (QED) is 0.753. The number of carbonyl (C=O) groups excluding carboxylic acids is 1. The van der Waals surface area contributed by atoms with Gasteiger partial charge in [0.15, 0.2) is 0 Å². The van der Waals surface area contributed by atoms with Crippen molar-refractivity contribution in [3.8, 4) is 0 Å². The van der Waals surface area contributed by atoms with Gasteiger partial charge < -0.3 is 5.32 Å². The minimum Gasteiger partial charge on any atom is -0.350 e. The molecule has 1 N–H and O–H groups in total. The summed E-state index contributed by atoms with van der Waals surface area (Å²) in [6, 6.07) is 0. The maximum absolute atomic E-state index is 12.5. The zero-order chi connectivity index (χ0) is 12.2. The summed E-state index contributed by atoms with van der Waals surface area (Å²) < 4.78 is 48.7. The molecule has 94 valence electrons. The van der Waals surface area contributed by atoms with Gasteiger partial charge in [0, 0.05) is 6.54 Å². The van der Waals surface area contributed by atoms with E-state index in [9.17, 15) is 22.4 Å². The van der Waals surface area contributed by atoms with Crippen LogP contribution in [0.25, 0.3) is 0 Å². The number of hydrogen-bond donors (Lipinski definition) is 1. The van der Waals surface area contributed by atoms with Crippen molar-refractivity contribution in [2.75, 3.05) is 6.54 Å². The Bertz CT molecular complexity index is 239. The molecular weight excluding hydrogens is 226 g/mol. The number of hydrogen-bond acceptors (Lipinski definition) is 1. The zero-order valence-corrected chi connectivity index (χ0v) is 8.82. The lowest BCUT2D eigenvalue weighted by Crippen LogP contribution is -2.46. The maximum atomic E-state index is 12.5. The molecule has 0 radical (unpaired) electrons. The third kappa shape index (κ3) is 3.35. The first-order valence-electron chi connectivity index (χ1n) is 5.39. The van der Waals surface area contributed by atoms with Crippen molar-refractivity contribution in [1.29, 1.82) is 0 Å². The van der Waals surface area contributed by atoms with E-state index in [1.54, 1.807) is 0 Å². The number of rotatable bonds is 4. The molecule has 0 aromatic carbocycles. The van der Waals surface area contributed by atoms with E-state index < -0.39 is 18.3 Å². The van der Waals surface area contributed by atoms with Gasteiger partial charge in [-0.3, -0.25) is 4.79 Å². The molecule has 0 bridgehead atoms. The van der Waals surface area contributed by atoms with Crippen LogP contribution in [0.2, 0.25) is 0 Å². The second kappa shape index (κ2) is 5.50. The summed E-state index contributed by atoms with van der Waals surface area (Å²) in [4.78, 5) is 10.8. The monoisotopic (exact) mass is 241 g/mol. The van der Waals surface area contributed by atoms with Crippen molar-refractivity contribution in [1.82, 2.24) is 5.32 Å². The predicted octanol–water partition coefficient (Wildman–Crippen LogP) is 2.58. The molecule has 0 atom stereocenters. The molecule has 1 aliphatic carbocycles. The largest absolute Gasteiger partial charge is 0.383 e. The predicted molar refractivity (Wildman–Crippen MR) is 50.5 cm³/mol. The molecule has 0 heterocycles. The highest BCUT2D eigenvalue weighted by molar-refractivity contribution is 5.83. The van der Waals surface area contributed by atoms with Crippen LogP contribution in [0.15, 0.2) is 0 Å². The van der Waals surface area contributed by atoms with Crippen LogP contribution < -0.4 is 5.32 Å². The molecule has 16 heavy (non-hydrogen) atoms. The van der Waals surface area contributed by atoms with Gasteiger partial charge in [0.1, 0.15) is 0 Å². The normalized spacial score (nSPS) is 18.8. The van der Waals surface area contributed by atoms with E-state index in [-0.39, 0.29) is 12.5 Å². The molecule has 0 spiro atoms. The van der Waals surface area contributed by atoms with Crippen molar-refractivity contribution < 1.29 is 22.4 Å². The fraction of sp³-hybridized carbons (Fsp3) is 0.900. The molecule has 2 nitrogen and oxygen atoms in total. The van der Waals surface area contributed by atoms with Crippen LogP contribution in [0.1, 0.15) is 32.1 Å². The van der Waals surface area contributed by atoms with E-state index >= 15 is 0 Å². The summed E-state index contributed by atoms with van der Waals surface area (Å²) in [6.45, 7) is 0.0706.